The number of hydrogen-bond acceptors (Lipinski definition) is 3. The van der Waals surface area contributed by atoms with Gasteiger partial charge in [0.1, 0.15) is 5.82 Å². The molecule has 0 unspecified atom stereocenters. The van der Waals surface area contributed by atoms with E-state index >= 15 is 0 Å². The standard InChI is InChI=1S/C18H21FN2OS/c19-16-8-2-1-7-15(16)17(21-9-3-4-10-21)13-20-18(22)12-14-6-5-11-23-14/h1-2,5-8,11,17H,3-4,9-10,12-13H2,(H,20,22)/t17-/m0/s1. The molecule has 1 aliphatic rings. The van der Waals surface area contributed by atoms with Crippen molar-refractivity contribution >= 4 is 17.2 Å². The minimum absolute atomic E-state index is 0.00649. The van der Waals surface area contributed by atoms with Crippen molar-refractivity contribution in [3.8, 4) is 0 Å². The van der Waals surface area contributed by atoms with Crippen LogP contribution >= 0.6 is 11.3 Å². The third kappa shape index (κ3) is 4.18. The Hall–Kier alpha value is -1.72. The molecule has 0 bridgehead atoms. The molecular weight excluding hydrogens is 311 g/mol. The van der Waals surface area contributed by atoms with E-state index in [9.17, 15) is 9.18 Å². The Balaban J connectivity index is 1.66. The fourth-order valence-electron chi connectivity index (χ4n) is 3.08. The van der Waals surface area contributed by atoms with Crippen LogP contribution in [0, 0.1) is 5.82 Å². The molecule has 2 aromatic rings. The van der Waals surface area contributed by atoms with Crippen molar-refractivity contribution in [2.24, 2.45) is 0 Å². The van der Waals surface area contributed by atoms with E-state index in [2.05, 4.69) is 10.2 Å². The van der Waals surface area contributed by atoms with Gasteiger partial charge in [-0.25, -0.2) is 4.39 Å². The molecule has 3 nitrogen and oxygen atoms in total. The molecule has 0 spiro atoms. The van der Waals surface area contributed by atoms with E-state index in [1.807, 2.05) is 29.6 Å². The van der Waals surface area contributed by atoms with E-state index in [0.29, 0.717) is 18.5 Å². The predicted octanol–water partition coefficient (Wildman–Crippen LogP) is 3.38. The average molecular weight is 332 g/mol. The van der Waals surface area contributed by atoms with Crippen LogP contribution in [0.4, 0.5) is 4.39 Å². The highest BCUT2D eigenvalue weighted by atomic mass is 32.1. The summed E-state index contributed by atoms with van der Waals surface area (Å²) in [6, 6.07) is 10.7. The summed E-state index contributed by atoms with van der Waals surface area (Å²) in [7, 11) is 0. The Bertz CT molecular complexity index is 638. The summed E-state index contributed by atoms with van der Waals surface area (Å²) in [5.41, 5.74) is 0.672. The van der Waals surface area contributed by atoms with E-state index in [0.717, 1.165) is 30.8 Å². The van der Waals surface area contributed by atoms with Crippen LogP contribution in [0.3, 0.4) is 0 Å². The smallest absolute Gasteiger partial charge is 0.225 e. The van der Waals surface area contributed by atoms with Crippen molar-refractivity contribution in [3.63, 3.8) is 0 Å². The van der Waals surface area contributed by atoms with E-state index in [4.69, 9.17) is 0 Å². The first-order valence-corrected chi connectivity index (χ1v) is 8.89. The molecule has 1 aromatic heterocycles. The molecule has 2 heterocycles. The second kappa shape index (κ2) is 7.70. The number of hydrogen-bond donors (Lipinski definition) is 1. The fraction of sp³-hybridized carbons (Fsp3) is 0.389. The third-order valence-corrected chi connectivity index (χ3v) is 5.13. The quantitative estimate of drug-likeness (QED) is 0.879. The summed E-state index contributed by atoms with van der Waals surface area (Å²) in [6.45, 7) is 2.37. The molecule has 1 fully saturated rings. The van der Waals surface area contributed by atoms with Crippen LogP contribution in [0.15, 0.2) is 41.8 Å². The number of likely N-dealkylation sites (tertiary alicyclic amines) is 1. The highest BCUT2D eigenvalue weighted by molar-refractivity contribution is 7.10. The predicted molar refractivity (Wildman–Crippen MR) is 91.0 cm³/mol. The Morgan fingerprint density at radius 1 is 1.22 bits per heavy atom. The maximum Gasteiger partial charge on any atom is 0.225 e. The number of halogens is 1. The van der Waals surface area contributed by atoms with Crippen molar-refractivity contribution in [2.45, 2.75) is 25.3 Å². The van der Waals surface area contributed by atoms with Gasteiger partial charge in [0.05, 0.1) is 12.5 Å². The highest BCUT2D eigenvalue weighted by Gasteiger charge is 2.25. The molecule has 122 valence electrons. The van der Waals surface area contributed by atoms with Gasteiger partial charge in [-0.2, -0.15) is 0 Å². The van der Waals surface area contributed by atoms with Crippen molar-refractivity contribution in [3.05, 3.63) is 58.0 Å². The lowest BCUT2D eigenvalue weighted by atomic mass is 10.0. The highest BCUT2D eigenvalue weighted by Crippen LogP contribution is 2.26. The van der Waals surface area contributed by atoms with Crippen LogP contribution in [0.5, 0.6) is 0 Å². The van der Waals surface area contributed by atoms with Crippen molar-refractivity contribution in [1.29, 1.82) is 0 Å². The summed E-state index contributed by atoms with van der Waals surface area (Å²) >= 11 is 1.58. The molecule has 0 saturated carbocycles. The van der Waals surface area contributed by atoms with Gasteiger partial charge in [0, 0.05) is 17.0 Å². The topological polar surface area (TPSA) is 32.3 Å². The van der Waals surface area contributed by atoms with Gasteiger partial charge < -0.3 is 5.32 Å². The number of nitrogens with zero attached hydrogens (tertiary/aromatic N) is 1. The molecule has 23 heavy (non-hydrogen) atoms. The van der Waals surface area contributed by atoms with E-state index in [1.54, 1.807) is 17.4 Å². The number of rotatable bonds is 6. The van der Waals surface area contributed by atoms with Crippen molar-refractivity contribution < 1.29 is 9.18 Å². The molecule has 1 N–H and O–H groups in total. The summed E-state index contributed by atoms with van der Waals surface area (Å²) in [5.74, 6) is -0.204. The number of amides is 1. The molecule has 1 aromatic carbocycles. The SMILES string of the molecule is O=C(Cc1cccs1)NC[C@@H](c1ccccc1F)N1CCCC1. The summed E-state index contributed by atoms with van der Waals surface area (Å²) in [6.07, 6.45) is 2.66. The Morgan fingerprint density at radius 2 is 2.00 bits per heavy atom. The van der Waals surface area contributed by atoms with Crippen LogP contribution in [-0.2, 0) is 11.2 Å². The van der Waals surface area contributed by atoms with Crippen molar-refractivity contribution in [2.75, 3.05) is 19.6 Å². The molecule has 1 saturated heterocycles. The second-order valence-corrected chi connectivity index (χ2v) is 6.87. The molecule has 1 aliphatic heterocycles. The molecule has 1 amide bonds. The molecule has 0 radical (unpaired) electrons. The summed E-state index contributed by atoms with van der Waals surface area (Å²) in [5, 5.41) is 4.95. The molecule has 1 atom stereocenters. The molecule has 3 rings (SSSR count). The first kappa shape index (κ1) is 16.1. The number of nitrogens with one attached hydrogen (secondary N) is 1. The fourth-order valence-corrected chi connectivity index (χ4v) is 3.78. The van der Waals surface area contributed by atoms with E-state index < -0.39 is 0 Å². The van der Waals surface area contributed by atoms with Gasteiger partial charge in [0.15, 0.2) is 0 Å². The lowest BCUT2D eigenvalue weighted by Crippen LogP contribution is -2.37. The minimum Gasteiger partial charge on any atom is -0.354 e. The van der Waals surface area contributed by atoms with Crippen molar-refractivity contribution in [1.82, 2.24) is 10.2 Å². The first-order chi connectivity index (χ1) is 11.2. The average Bonchev–Trinajstić information content (AvgIpc) is 3.23. The number of benzene rings is 1. The monoisotopic (exact) mass is 332 g/mol. The number of carbonyl (C=O) groups excluding carboxylic acids is 1. The largest absolute Gasteiger partial charge is 0.354 e. The lowest BCUT2D eigenvalue weighted by Gasteiger charge is -2.28. The Kier molecular flexibility index (Phi) is 5.41. The van der Waals surface area contributed by atoms with Gasteiger partial charge in [-0.1, -0.05) is 24.3 Å². The van der Waals surface area contributed by atoms with E-state index in [1.165, 1.54) is 6.07 Å². The van der Waals surface area contributed by atoms with Gasteiger partial charge >= 0.3 is 0 Å². The maximum atomic E-state index is 14.2. The normalized spacial score (nSPS) is 16.4. The summed E-state index contributed by atoms with van der Waals surface area (Å²) < 4.78 is 14.2. The zero-order valence-corrected chi connectivity index (χ0v) is 13.8. The number of thiophene rings is 1. The van der Waals surface area contributed by atoms with Crippen LogP contribution in [0.1, 0.15) is 29.3 Å². The van der Waals surface area contributed by atoms with Gasteiger partial charge in [-0.3, -0.25) is 9.69 Å². The summed E-state index contributed by atoms with van der Waals surface area (Å²) in [4.78, 5) is 15.4. The Morgan fingerprint density at radius 3 is 2.70 bits per heavy atom. The maximum absolute atomic E-state index is 14.2. The zero-order valence-electron chi connectivity index (χ0n) is 13.0. The Labute approximate surface area is 140 Å². The zero-order chi connectivity index (χ0) is 16.1. The van der Waals surface area contributed by atoms with Gasteiger partial charge in [0.25, 0.3) is 0 Å². The number of carbonyl (C=O) groups is 1. The van der Waals surface area contributed by atoms with Gasteiger partial charge in [0.2, 0.25) is 5.91 Å². The van der Waals surface area contributed by atoms with Crippen LogP contribution in [-0.4, -0.2) is 30.4 Å². The van der Waals surface area contributed by atoms with Gasteiger partial charge in [-0.15, -0.1) is 11.3 Å². The van der Waals surface area contributed by atoms with Crippen LogP contribution in [0.25, 0.3) is 0 Å². The van der Waals surface area contributed by atoms with Crippen LogP contribution in [0.2, 0.25) is 0 Å². The minimum atomic E-state index is -0.197. The third-order valence-electron chi connectivity index (χ3n) is 4.25. The second-order valence-electron chi connectivity index (χ2n) is 5.84. The van der Waals surface area contributed by atoms with E-state index in [-0.39, 0.29) is 17.8 Å². The molecule has 5 heteroatoms. The first-order valence-electron chi connectivity index (χ1n) is 8.01. The van der Waals surface area contributed by atoms with Crippen LogP contribution < -0.4 is 5.32 Å². The lowest BCUT2D eigenvalue weighted by molar-refractivity contribution is -0.120. The molecular formula is C18H21FN2OS. The molecule has 0 aliphatic carbocycles. The van der Waals surface area contributed by atoms with Gasteiger partial charge in [-0.05, 0) is 43.4 Å².